The summed E-state index contributed by atoms with van der Waals surface area (Å²) in [6.07, 6.45) is 3.85. The second kappa shape index (κ2) is 5.36. The summed E-state index contributed by atoms with van der Waals surface area (Å²) in [5.41, 5.74) is -0.452. The minimum absolute atomic E-state index is 0.0649. The smallest absolute Gasteiger partial charge is 0.288 e. The number of halogens is 1. The molecular weight excluding hydrogens is 274 g/mol. The van der Waals surface area contributed by atoms with Crippen LogP contribution in [0.25, 0.3) is 0 Å². The summed E-state index contributed by atoms with van der Waals surface area (Å²) >= 11 is 5.73. The quantitative estimate of drug-likeness (QED) is 0.520. The normalized spacial score (nSPS) is 9.95. The van der Waals surface area contributed by atoms with Crippen LogP contribution in [-0.4, -0.2) is 25.8 Å². The van der Waals surface area contributed by atoms with Crippen LogP contribution in [0, 0.1) is 10.1 Å². The number of carbonyl (C=O) groups excluding carboxylic acids is 1. The fraction of sp³-hybridized carbons (Fsp3) is 0. The number of amides is 1. The van der Waals surface area contributed by atoms with E-state index in [1.165, 1.54) is 12.4 Å². The molecule has 0 saturated heterocycles. The highest BCUT2D eigenvalue weighted by Gasteiger charge is 2.17. The van der Waals surface area contributed by atoms with Gasteiger partial charge in [-0.05, 0) is 6.07 Å². The highest BCUT2D eigenvalue weighted by molar-refractivity contribution is 6.33. The van der Waals surface area contributed by atoms with Crippen LogP contribution >= 0.6 is 11.6 Å². The van der Waals surface area contributed by atoms with Crippen LogP contribution in [0.5, 0.6) is 0 Å². The van der Waals surface area contributed by atoms with Crippen molar-refractivity contribution in [2.75, 3.05) is 5.32 Å². The van der Waals surface area contributed by atoms with Crippen molar-refractivity contribution in [3.8, 4) is 0 Å². The molecule has 1 N–H and O–H groups in total. The van der Waals surface area contributed by atoms with Crippen LogP contribution in [0.3, 0.4) is 0 Å². The average molecular weight is 280 g/mol. The molecule has 2 aromatic rings. The Morgan fingerprint density at radius 3 is 2.63 bits per heavy atom. The minimum Gasteiger partial charge on any atom is -0.290 e. The molecule has 0 aliphatic rings. The second-order valence-electron chi connectivity index (χ2n) is 3.32. The Morgan fingerprint density at radius 2 is 2.00 bits per heavy atom. The van der Waals surface area contributed by atoms with Gasteiger partial charge in [-0.25, -0.2) is 15.0 Å². The standard InChI is InChI=1S/C10H6ClN5O3/c11-8-7(4-6(5-14-8)16(18)19)9(17)15-10-12-2-1-3-13-10/h1-5H,(H,12,13,15,17). The lowest BCUT2D eigenvalue weighted by molar-refractivity contribution is -0.385. The van der Waals surface area contributed by atoms with Crippen LogP contribution in [0.1, 0.15) is 10.4 Å². The Labute approximate surface area is 111 Å². The van der Waals surface area contributed by atoms with Gasteiger partial charge >= 0.3 is 0 Å². The highest BCUT2D eigenvalue weighted by atomic mass is 35.5. The first-order valence-corrected chi connectivity index (χ1v) is 5.34. The number of anilines is 1. The maximum atomic E-state index is 11.9. The van der Waals surface area contributed by atoms with E-state index in [1.807, 2.05) is 0 Å². The van der Waals surface area contributed by atoms with E-state index in [2.05, 4.69) is 20.3 Å². The molecule has 2 rings (SSSR count). The first-order valence-electron chi connectivity index (χ1n) is 4.96. The van der Waals surface area contributed by atoms with Gasteiger partial charge in [0, 0.05) is 18.5 Å². The summed E-state index contributed by atoms with van der Waals surface area (Å²) in [6, 6.07) is 2.62. The third kappa shape index (κ3) is 2.99. The Morgan fingerprint density at radius 1 is 1.32 bits per heavy atom. The molecule has 0 aromatic carbocycles. The Hall–Kier alpha value is -2.61. The van der Waals surface area contributed by atoms with Crippen LogP contribution in [0.2, 0.25) is 5.15 Å². The largest absolute Gasteiger partial charge is 0.290 e. The molecule has 0 spiro atoms. The minimum atomic E-state index is -0.674. The summed E-state index contributed by atoms with van der Waals surface area (Å²) in [4.78, 5) is 33.0. The number of nitrogens with one attached hydrogen (secondary N) is 1. The van der Waals surface area contributed by atoms with E-state index in [0.717, 1.165) is 12.3 Å². The molecular formula is C10H6ClN5O3. The molecule has 2 aromatic heterocycles. The molecule has 0 aliphatic heterocycles. The predicted octanol–water partition coefficient (Wildman–Crippen LogP) is 1.69. The number of carbonyl (C=O) groups is 1. The zero-order valence-corrected chi connectivity index (χ0v) is 10.0. The van der Waals surface area contributed by atoms with Crippen LogP contribution in [0.4, 0.5) is 11.6 Å². The van der Waals surface area contributed by atoms with Crippen LogP contribution < -0.4 is 5.32 Å². The van der Waals surface area contributed by atoms with Crippen LogP contribution in [-0.2, 0) is 0 Å². The van der Waals surface area contributed by atoms with Gasteiger partial charge in [0.1, 0.15) is 11.3 Å². The topological polar surface area (TPSA) is 111 Å². The van der Waals surface area contributed by atoms with Crippen molar-refractivity contribution in [1.82, 2.24) is 15.0 Å². The van der Waals surface area contributed by atoms with Gasteiger partial charge in [-0.3, -0.25) is 20.2 Å². The number of nitrogens with zero attached hydrogens (tertiary/aromatic N) is 4. The maximum absolute atomic E-state index is 11.9. The van der Waals surface area contributed by atoms with E-state index in [1.54, 1.807) is 6.07 Å². The lowest BCUT2D eigenvalue weighted by atomic mass is 10.2. The van der Waals surface area contributed by atoms with Crippen molar-refractivity contribution in [3.05, 3.63) is 51.6 Å². The molecule has 0 bridgehead atoms. The van der Waals surface area contributed by atoms with Gasteiger partial charge in [0.25, 0.3) is 11.6 Å². The van der Waals surface area contributed by atoms with E-state index in [9.17, 15) is 14.9 Å². The average Bonchev–Trinajstić information content (AvgIpc) is 2.40. The molecule has 0 radical (unpaired) electrons. The summed E-state index contributed by atoms with van der Waals surface area (Å²) < 4.78 is 0. The van der Waals surface area contributed by atoms with E-state index < -0.39 is 10.8 Å². The Bertz CT molecular complexity index is 634. The van der Waals surface area contributed by atoms with Gasteiger partial charge < -0.3 is 0 Å². The zero-order valence-electron chi connectivity index (χ0n) is 9.28. The van der Waals surface area contributed by atoms with Gasteiger partial charge in [-0.15, -0.1) is 0 Å². The first kappa shape index (κ1) is 12.8. The van der Waals surface area contributed by atoms with Gasteiger partial charge in [0.05, 0.1) is 10.5 Å². The maximum Gasteiger partial charge on any atom is 0.288 e. The summed E-state index contributed by atoms with van der Waals surface area (Å²) in [6.45, 7) is 0. The molecule has 9 heteroatoms. The van der Waals surface area contributed by atoms with E-state index >= 15 is 0 Å². The third-order valence-corrected chi connectivity index (χ3v) is 2.37. The molecule has 0 unspecified atom stereocenters. The lowest BCUT2D eigenvalue weighted by Gasteiger charge is -2.04. The number of hydrogen-bond acceptors (Lipinski definition) is 6. The summed E-state index contributed by atoms with van der Waals surface area (Å²) in [7, 11) is 0. The van der Waals surface area contributed by atoms with E-state index in [4.69, 9.17) is 11.6 Å². The fourth-order valence-electron chi connectivity index (χ4n) is 1.23. The van der Waals surface area contributed by atoms with Crippen molar-refractivity contribution in [2.45, 2.75) is 0 Å². The number of pyridine rings is 1. The van der Waals surface area contributed by atoms with Gasteiger partial charge in [-0.2, -0.15) is 0 Å². The number of nitro groups is 1. The fourth-order valence-corrected chi connectivity index (χ4v) is 1.42. The molecule has 96 valence electrons. The van der Waals surface area contributed by atoms with Gasteiger partial charge in [0.2, 0.25) is 5.95 Å². The molecule has 1 amide bonds. The van der Waals surface area contributed by atoms with E-state index in [0.29, 0.717) is 0 Å². The number of hydrogen-bond donors (Lipinski definition) is 1. The lowest BCUT2D eigenvalue weighted by Crippen LogP contribution is -2.15. The first-order chi connectivity index (χ1) is 9.08. The van der Waals surface area contributed by atoms with Crippen molar-refractivity contribution < 1.29 is 9.72 Å². The Kier molecular flexibility index (Phi) is 3.62. The van der Waals surface area contributed by atoms with Gasteiger partial charge in [0.15, 0.2) is 0 Å². The molecule has 0 atom stereocenters. The Balaban J connectivity index is 2.28. The summed E-state index contributed by atoms with van der Waals surface area (Å²) in [5.74, 6) is -0.609. The van der Waals surface area contributed by atoms with Gasteiger partial charge in [-0.1, -0.05) is 11.6 Å². The summed E-state index contributed by atoms with van der Waals surface area (Å²) in [5, 5.41) is 12.8. The van der Waals surface area contributed by atoms with Crippen LogP contribution in [0.15, 0.2) is 30.7 Å². The molecule has 8 nitrogen and oxygen atoms in total. The molecule has 0 fully saturated rings. The molecule has 19 heavy (non-hydrogen) atoms. The monoisotopic (exact) mass is 279 g/mol. The zero-order chi connectivity index (χ0) is 13.8. The van der Waals surface area contributed by atoms with Crippen molar-refractivity contribution >= 4 is 29.1 Å². The highest BCUT2D eigenvalue weighted by Crippen LogP contribution is 2.19. The predicted molar refractivity (Wildman–Crippen MR) is 65.9 cm³/mol. The molecule has 0 saturated carbocycles. The van der Waals surface area contributed by atoms with Crippen molar-refractivity contribution in [3.63, 3.8) is 0 Å². The number of rotatable bonds is 3. The molecule has 2 heterocycles. The van der Waals surface area contributed by atoms with E-state index in [-0.39, 0.29) is 22.4 Å². The second-order valence-corrected chi connectivity index (χ2v) is 3.67. The van der Waals surface area contributed by atoms with Crippen molar-refractivity contribution in [2.24, 2.45) is 0 Å². The van der Waals surface area contributed by atoms with Crippen molar-refractivity contribution in [1.29, 1.82) is 0 Å². The third-order valence-electron chi connectivity index (χ3n) is 2.07. The molecule has 0 aliphatic carbocycles. The SMILES string of the molecule is O=C(Nc1ncccn1)c1cc([N+](=O)[O-])cnc1Cl. The number of aromatic nitrogens is 3.